The molecule has 18 atom stereocenters. The van der Waals surface area contributed by atoms with Crippen molar-refractivity contribution in [3.63, 3.8) is 0 Å². The van der Waals surface area contributed by atoms with Gasteiger partial charge in [0.2, 0.25) is 0 Å². The Labute approximate surface area is 292 Å². The average Bonchev–Trinajstić information content (AvgIpc) is 3.01. The van der Waals surface area contributed by atoms with Gasteiger partial charge >= 0.3 is 5.97 Å². The lowest BCUT2D eigenvalue weighted by atomic mass is 9.74. The normalized spacial score (nSPS) is 49.8. The lowest BCUT2D eigenvalue weighted by Crippen LogP contribution is -2.60. The standard InChI is InChI=1S/C36H65NO12/c1-13-25-19(4)28(39)20(5)27(38)17(2)15-36(10,44)32(49-34-29(40)24(37(11)12)14-18(3)45-34)21(6)30(22(7)33(42)47-25)48-26-16-35(9,43)31(41)23(8)46-26/h17-26,28-32,34,39-41,43-44H,13-16H2,1-12H3/t17-,18-,19+,20+,21+,22-,23+,24+,25-,26+,28+,29-,30+,31+,32-,34+,35-,36-/m1/s1. The Morgan fingerprint density at radius 2 is 1.45 bits per heavy atom. The van der Waals surface area contributed by atoms with Crippen molar-refractivity contribution in [1.82, 2.24) is 4.90 Å². The summed E-state index contributed by atoms with van der Waals surface area (Å²) in [7, 11) is 3.70. The quantitative estimate of drug-likeness (QED) is 0.254. The first-order valence-corrected chi connectivity index (χ1v) is 18.0. The first-order valence-electron chi connectivity index (χ1n) is 18.0. The Kier molecular flexibility index (Phi) is 14.3. The van der Waals surface area contributed by atoms with Crippen LogP contribution in [0.25, 0.3) is 0 Å². The van der Waals surface area contributed by atoms with Gasteiger partial charge in [-0.1, -0.05) is 34.6 Å². The van der Waals surface area contributed by atoms with Gasteiger partial charge in [-0.25, -0.2) is 0 Å². The first kappa shape index (κ1) is 42.2. The van der Waals surface area contributed by atoms with E-state index in [2.05, 4.69) is 0 Å². The lowest BCUT2D eigenvalue weighted by Gasteiger charge is -2.48. The number of hydrogen-bond acceptors (Lipinski definition) is 13. The number of Topliss-reactive ketones (excluding diaryl/α,β-unsaturated/α-hetero) is 1. The predicted molar refractivity (Wildman–Crippen MR) is 180 cm³/mol. The summed E-state index contributed by atoms with van der Waals surface area (Å²) in [5, 5.41) is 56.6. The van der Waals surface area contributed by atoms with Crippen LogP contribution in [0, 0.1) is 29.6 Å². The highest BCUT2D eigenvalue weighted by molar-refractivity contribution is 5.83. The molecule has 5 N–H and O–H groups in total. The van der Waals surface area contributed by atoms with Gasteiger partial charge in [0.1, 0.15) is 24.1 Å². The molecule has 0 unspecified atom stereocenters. The number of rotatable bonds is 6. The Hall–Kier alpha value is -1.26. The van der Waals surface area contributed by atoms with E-state index in [1.165, 1.54) is 6.92 Å². The number of likely N-dealkylation sites (N-methyl/N-ethyl adjacent to an activating group) is 1. The minimum Gasteiger partial charge on any atom is -0.462 e. The van der Waals surface area contributed by atoms with Crippen molar-refractivity contribution in [2.45, 2.75) is 174 Å². The number of aliphatic hydroxyl groups excluding tert-OH is 3. The number of hydrogen-bond donors (Lipinski definition) is 5. The fourth-order valence-corrected chi connectivity index (χ4v) is 8.17. The summed E-state index contributed by atoms with van der Waals surface area (Å²) in [4.78, 5) is 29.6. The number of cyclic esters (lactones) is 1. The van der Waals surface area contributed by atoms with Crippen LogP contribution in [0.2, 0.25) is 0 Å². The molecule has 0 aliphatic carbocycles. The van der Waals surface area contributed by atoms with Crippen molar-refractivity contribution in [2.24, 2.45) is 29.6 Å². The highest BCUT2D eigenvalue weighted by Gasteiger charge is 2.52. The number of ether oxygens (including phenoxy) is 5. The van der Waals surface area contributed by atoms with Gasteiger partial charge in [0.05, 0.1) is 47.6 Å². The molecule has 0 spiro atoms. The molecule has 0 bridgehead atoms. The predicted octanol–water partition coefficient (Wildman–Crippen LogP) is 2.02. The average molecular weight is 704 g/mol. The van der Waals surface area contributed by atoms with E-state index >= 15 is 0 Å². The molecule has 3 rings (SSSR count). The molecule has 286 valence electrons. The number of esters is 1. The summed E-state index contributed by atoms with van der Waals surface area (Å²) in [5.41, 5.74) is -3.30. The van der Waals surface area contributed by atoms with E-state index in [4.69, 9.17) is 23.7 Å². The number of aliphatic hydroxyl groups is 5. The van der Waals surface area contributed by atoms with Gasteiger partial charge in [0, 0.05) is 36.1 Å². The summed E-state index contributed by atoms with van der Waals surface area (Å²) in [5.74, 6) is -4.76. The van der Waals surface area contributed by atoms with Crippen molar-refractivity contribution in [3.05, 3.63) is 0 Å². The summed E-state index contributed by atoms with van der Waals surface area (Å²) in [6.07, 6.45) is -8.87. The van der Waals surface area contributed by atoms with Crippen molar-refractivity contribution in [1.29, 1.82) is 0 Å². The third-order valence-electron chi connectivity index (χ3n) is 11.3. The number of carbonyl (C=O) groups is 2. The fraction of sp³-hybridized carbons (Fsp3) is 0.944. The van der Waals surface area contributed by atoms with Gasteiger partial charge in [-0.2, -0.15) is 0 Å². The lowest BCUT2D eigenvalue weighted by molar-refractivity contribution is -0.316. The molecule has 3 aliphatic rings. The second-order valence-electron chi connectivity index (χ2n) is 16.0. The zero-order valence-electron chi connectivity index (χ0n) is 31.6. The van der Waals surface area contributed by atoms with Crippen molar-refractivity contribution in [2.75, 3.05) is 14.1 Å². The van der Waals surface area contributed by atoms with E-state index in [1.807, 2.05) is 32.8 Å². The van der Waals surface area contributed by atoms with Crippen LogP contribution >= 0.6 is 0 Å². The van der Waals surface area contributed by atoms with Gasteiger partial charge in [-0.05, 0) is 68.0 Å². The van der Waals surface area contributed by atoms with Crippen LogP contribution in [0.1, 0.15) is 94.9 Å². The first-order chi connectivity index (χ1) is 22.5. The zero-order chi connectivity index (χ0) is 37.3. The molecule has 13 heteroatoms. The van der Waals surface area contributed by atoms with E-state index in [0.29, 0.717) is 12.8 Å². The van der Waals surface area contributed by atoms with E-state index in [0.717, 1.165) is 0 Å². The summed E-state index contributed by atoms with van der Waals surface area (Å²) >= 11 is 0. The number of nitrogens with zero attached hydrogens (tertiary/aromatic N) is 1. The van der Waals surface area contributed by atoms with Crippen LogP contribution in [0.15, 0.2) is 0 Å². The Morgan fingerprint density at radius 1 is 0.837 bits per heavy atom. The maximum atomic E-state index is 14.0. The zero-order valence-corrected chi connectivity index (χ0v) is 31.6. The van der Waals surface area contributed by atoms with Crippen molar-refractivity contribution >= 4 is 11.8 Å². The molecule has 0 radical (unpaired) electrons. The molecular formula is C36H65NO12. The van der Waals surface area contributed by atoms with Gasteiger partial charge < -0.3 is 54.1 Å². The number of ketones is 1. The van der Waals surface area contributed by atoms with Gasteiger partial charge in [0.25, 0.3) is 0 Å². The maximum Gasteiger partial charge on any atom is 0.311 e. The Bertz CT molecular complexity index is 1100. The highest BCUT2D eigenvalue weighted by Crippen LogP contribution is 2.40. The largest absolute Gasteiger partial charge is 0.462 e. The Morgan fingerprint density at radius 3 is 2.00 bits per heavy atom. The van der Waals surface area contributed by atoms with Gasteiger partial charge in [0.15, 0.2) is 12.6 Å². The Balaban J connectivity index is 2.15. The minimum atomic E-state index is -1.74. The van der Waals surface area contributed by atoms with Crippen LogP contribution in [0.4, 0.5) is 0 Å². The molecule has 0 saturated carbocycles. The van der Waals surface area contributed by atoms with Crippen molar-refractivity contribution < 1.29 is 58.8 Å². The van der Waals surface area contributed by atoms with E-state index in [-0.39, 0.29) is 30.8 Å². The van der Waals surface area contributed by atoms with E-state index in [9.17, 15) is 35.1 Å². The molecular weight excluding hydrogens is 638 g/mol. The molecule has 3 heterocycles. The second kappa shape index (κ2) is 16.6. The molecule has 3 aliphatic heterocycles. The molecule has 49 heavy (non-hydrogen) atoms. The minimum absolute atomic E-state index is 0.0671. The molecule has 0 aromatic carbocycles. The van der Waals surface area contributed by atoms with Crippen LogP contribution in [0.5, 0.6) is 0 Å². The number of carbonyl (C=O) groups excluding carboxylic acids is 2. The highest BCUT2D eigenvalue weighted by atomic mass is 16.7. The SMILES string of the molecule is CC[C@H]1OC(=O)[C@H](C)[C@@H](O[C@H]2C[C@@](C)(O)[C@@H](O)[C@H](C)O2)[C@H](C)[C@@H](O[C@@H]2O[C@H](C)C[C@H](N(C)C)[C@H]2O)[C@](C)(O)C[C@@H](C)C(=O)[C@H](C)[C@@H](O)[C@H]1C. The van der Waals surface area contributed by atoms with Crippen molar-refractivity contribution in [3.8, 4) is 0 Å². The smallest absolute Gasteiger partial charge is 0.311 e. The van der Waals surface area contributed by atoms with E-state index < -0.39 is 102 Å². The molecule has 3 saturated heterocycles. The summed E-state index contributed by atoms with van der Waals surface area (Å²) in [6, 6.07) is -0.310. The molecule has 0 amide bonds. The maximum absolute atomic E-state index is 14.0. The molecule has 0 aromatic rings. The third-order valence-corrected chi connectivity index (χ3v) is 11.3. The van der Waals surface area contributed by atoms with Crippen LogP contribution < -0.4 is 0 Å². The monoisotopic (exact) mass is 703 g/mol. The molecule has 3 fully saturated rings. The topological polar surface area (TPSA) is 185 Å². The fourth-order valence-electron chi connectivity index (χ4n) is 8.17. The molecule has 0 aromatic heterocycles. The van der Waals surface area contributed by atoms with Gasteiger partial charge in [-0.3, -0.25) is 9.59 Å². The summed E-state index contributed by atoms with van der Waals surface area (Å²) in [6.45, 7) is 16.8. The van der Waals surface area contributed by atoms with Crippen LogP contribution in [-0.4, -0.2) is 135 Å². The van der Waals surface area contributed by atoms with Gasteiger partial charge in [-0.15, -0.1) is 0 Å². The third kappa shape index (κ3) is 9.60. The van der Waals surface area contributed by atoms with Crippen LogP contribution in [-0.2, 0) is 33.3 Å². The van der Waals surface area contributed by atoms with Crippen LogP contribution in [0.3, 0.4) is 0 Å². The second-order valence-corrected chi connectivity index (χ2v) is 16.0. The molecule has 13 nitrogen and oxygen atoms in total. The van der Waals surface area contributed by atoms with E-state index in [1.54, 1.807) is 48.5 Å². The summed E-state index contributed by atoms with van der Waals surface area (Å²) < 4.78 is 31.2.